The number of hydrogen-bond donors (Lipinski definition) is 3. The molecule has 0 fully saturated rings. The number of rotatable bonds is 2. The van der Waals surface area contributed by atoms with Crippen LogP contribution in [0.1, 0.15) is 6.92 Å². The maximum Gasteiger partial charge on any atom is 0.344 e. The molecule has 0 heterocycles. The van der Waals surface area contributed by atoms with E-state index in [1.54, 1.807) is 0 Å². The van der Waals surface area contributed by atoms with Gasteiger partial charge in [-0.25, -0.2) is 4.79 Å². The van der Waals surface area contributed by atoms with E-state index in [1.165, 1.54) is 6.92 Å². The first-order valence-electron chi connectivity index (χ1n) is 2.43. The summed E-state index contributed by atoms with van der Waals surface area (Å²) in [6, 6.07) is -1.05. The summed E-state index contributed by atoms with van der Waals surface area (Å²) in [5.74, 6) is 3.66. The first-order chi connectivity index (χ1) is 4.09. The Bertz CT molecular complexity index is 104. The van der Waals surface area contributed by atoms with E-state index >= 15 is 0 Å². The zero-order chi connectivity index (χ0) is 7.44. The Kier molecular flexibility index (Phi) is 3.15. The maximum atomic E-state index is 10.3. The number of hydrogen-bond acceptors (Lipinski definition) is 5. The van der Waals surface area contributed by atoms with E-state index in [1.807, 2.05) is 0 Å². The Labute approximate surface area is 52.5 Å². The SMILES string of the molecule is C[C@H](O)[C@@H](N)C(=O)ON. The van der Waals surface area contributed by atoms with Crippen LogP contribution < -0.4 is 11.6 Å². The van der Waals surface area contributed by atoms with Crippen LogP contribution in [0.15, 0.2) is 0 Å². The van der Waals surface area contributed by atoms with Crippen molar-refractivity contribution in [3.63, 3.8) is 0 Å². The molecule has 9 heavy (non-hydrogen) atoms. The van der Waals surface area contributed by atoms with Gasteiger partial charge in [-0.2, -0.15) is 5.90 Å². The molecule has 0 saturated carbocycles. The Morgan fingerprint density at radius 2 is 2.22 bits per heavy atom. The summed E-state index contributed by atoms with van der Waals surface area (Å²) in [5.41, 5.74) is 5.07. The third-order valence-electron chi connectivity index (χ3n) is 0.908. The van der Waals surface area contributed by atoms with E-state index in [9.17, 15) is 4.79 Å². The van der Waals surface area contributed by atoms with Gasteiger partial charge in [0.05, 0.1) is 6.10 Å². The number of aliphatic hydroxyl groups is 1. The second-order valence-electron chi connectivity index (χ2n) is 1.70. The van der Waals surface area contributed by atoms with Crippen LogP contribution in [0.5, 0.6) is 0 Å². The first-order valence-corrected chi connectivity index (χ1v) is 2.43. The fourth-order valence-corrected chi connectivity index (χ4v) is 0.276. The summed E-state index contributed by atoms with van der Waals surface area (Å²) < 4.78 is 0. The van der Waals surface area contributed by atoms with Crippen molar-refractivity contribution < 1.29 is 14.7 Å². The van der Waals surface area contributed by atoms with Crippen LogP contribution in [-0.2, 0) is 9.63 Å². The topological polar surface area (TPSA) is 98.6 Å². The molecule has 0 aliphatic heterocycles. The van der Waals surface area contributed by atoms with Crippen molar-refractivity contribution in [2.75, 3.05) is 0 Å². The Morgan fingerprint density at radius 1 is 1.78 bits per heavy atom. The van der Waals surface area contributed by atoms with Gasteiger partial charge in [-0.3, -0.25) is 0 Å². The molecular weight excluding hydrogens is 124 g/mol. The molecule has 0 aromatic carbocycles. The van der Waals surface area contributed by atoms with Crippen molar-refractivity contribution in [2.45, 2.75) is 19.1 Å². The predicted octanol–water partition coefficient (Wildman–Crippen LogP) is -1.89. The summed E-state index contributed by atoms with van der Waals surface area (Å²) >= 11 is 0. The molecule has 2 atom stereocenters. The van der Waals surface area contributed by atoms with E-state index < -0.39 is 18.1 Å². The van der Waals surface area contributed by atoms with E-state index in [-0.39, 0.29) is 0 Å². The molecule has 0 aliphatic carbocycles. The zero-order valence-corrected chi connectivity index (χ0v) is 5.07. The molecule has 0 spiro atoms. The van der Waals surface area contributed by atoms with Crippen LogP contribution in [0.25, 0.3) is 0 Å². The zero-order valence-electron chi connectivity index (χ0n) is 5.07. The van der Waals surface area contributed by atoms with Crippen molar-refractivity contribution in [1.29, 1.82) is 0 Å². The Balaban J connectivity index is 3.72. The monoisotopic (exact) mass is 134 g/mol. The van der Waals surface area contributed by atoms with E-state index in [0.29, 0.717) is 0 Å². The Hall–Kier alpha value is -0.650. The number of nitrogens with two attached hydrogens (primary N) is 2. The van der Waals surface area contributed by atoms with E-state index in [4.69, 9.17) is 10.8 Å². The average molecular weight is 134 g/mol. The number of carbonyl (C=O) groups excluding carboxylic acids is 1. The van der Waals surface area contributed by atoms with Crippen molar-refractivity contribution >= 4 is 5.97 Å². The lowest BCUT2D eigenvalue weighted by Crippen LogP contribution is -2.42. The average Bonchev–Trinajstić information content (AvgIpc) is 1.84. The molecule has 0 bridgehead atoms. The molecule has 5 heteroatoms. The smallest absolute Gasteiger partial charge is 0.344 e. The Morgan fingerprint density at radius 3 is 2.33 bits per heavy atom. The normalized spacial score (nSPS) is 16.4. The van der Waals surface area contributed by atoms with Gasteiger partial charge in [-0.05, 0) is 6.92 Å². The van der Waals surface area contributed by atoms with Crippen LogP contribution in [0.2, 0.25) is 0 Å². The minimum Gasteiger partial charge on any atom is -0.391 e. The molecule has 54 valence electrons. The van der Waals surface area contributed by atoms with Crippen molar-refractivity contribution in [1.82, 2.24) is 0 Å². The highest BCUT2D eigenvalue weighted by atomic mass is 16.7. The number of aliphatic hydroxyl groups excluding tert-OH is 1. The molecular formula is C4H10N2O3. The highest BCUT2D eigenvalue weighted by Crippen LogP contribution is 1.88. The van der Waals surface area contributed by atoms with Crippen LogP contribution >= 0.6 is 0 Å². The lowest BCUT2D eigenvalue weighted by atomic mass is 10.2. The third-order valence-corrected chi connectivity index (χ3v) is 0.908. The van der Waals surface area contributed by atoms with Gasteiger partial charge in [-0.15, -0.1) is 0 Å². The quantitative estimate of drug-likeness (QED) is 0.383. The molecule has 0 amide bonds. The summed E-state index contributed by atoms with van der Waals surface area (Å²) in [7, 11) is 0. The molecule has 0 radical (unpaired) electrons. The fraction of sp³-hybridized carbons (Fsp3) is 0.750. The number of carbonyl (C=O) groups is 1. The second kappa shape index (κ2) is 3.39. The lowest BCUT2D eigenvalue weighted by molar-refractivity contribution is -0.148. The summed E-state index contributed by atoms with van der Waals surface area (Å²) in [6.45, 7) is 1.38. The van der Waals surface area contributed by atoms with Crippen molar-refractivity contribution in [3.8, 4) is 0 Å². The van der Waals surface area contributed by atoms with Crippen LogP contribution in [0, 0.1) is 0 Å². The standard InChI is InChI=1S/C4H10N2O3/c1-2(7)3(5)4(8)9-6/h2-3,7H,5-6H2,1H3/t2-,3+/m0/s1. The second-order valence-corrected chi connectivity index (χ2v) is 1.70. The van der Waals surface area contributed by atoms with Gasteiger partial charge in [0, 0.05) is 0 Å². The van der Waals surface area contributed by atoms with Crippen molar-refractivity contribution in [2.24, 2.45) is 11.6 Å². The van der Waals surface area contributed by atoms with Gasteiger partial charge in [0.25, 0.3) is 0 Å². The molecule has 0 aromatic rings. The van der Waals surface area contributed by atoms with Crippen LogP contribution in [-0.4, -0.2) is 23.2 Å². The van der Waals surface area contributed by atoms with Gasteiger partial charge in [0.1, 0.15) is 6.04 Å². The first kappa shape index (κ1) is 8.35. The maximum absolute atomic E-state index is 10.3. The predicted molar refractivity (Wildman–Crippen MR) is 29.9 cm³/mol. The van der Waals surface area contributed by atoms with E-state index in [2.05, 4.69) is 10.7 Å². The highest BCUT2D eigenvalue weighted by molar-refractivity contribution is 5.75. The minimum atomic E-state index is -1.05. The van der Waals surface area contributed by atoms with Gasteiger partial charge >= 0.3 is 5.97 Å². The highest BCUT2D eigenvalue weighted by Gasteiger charge is 2.19. The lowest BCUT2D eigenvalue weighted by Gasteiger charge is -2.09. The van der Waals surface area contributed by atoms with Crippen LogP contribution in [0.4, 0.5) is 0 Å². The fourth-order valence-electron chi connectivity index (χ4n) is 0.276. The van der Waals surface area contributed by atoms with Gasteiger partial charge in [0.2, 0.25) is 0 Å². The summed E-state index contributed by atoms with van der Waals surface area (Å²) in [6.07, 6.45) is -0.930. The molecule has 0 rings (SSSR count). The molecule has 0 unspecified atom stereocenters. The minimum absolute atomic E-state index is 0.815. The van der Waals surface area contributed by atoms with Gasteiger partial charge in [-0.1, -0.05) is 0 Å². The molecule has 0 aliphatic rings. The van der Waals surface area contributed by atoms with E-state index in [0.717, 1.165) is 0 Å². The van der Waals surface area contributed by atoms with Gasteiger partial charge in [0.15, 0.2) is 0 Å². The summed E-state index contributed by atoms with van der Waals surface area (Å²) in [4.78, 5) is 14.1. The van der Waals surface area contributed by atoms with Gasteiger partial charge < -0.3 is 15.7 Å². The molecule has 0 aromatic heterocycles. The molecule has 5 N–H and O–H groups in total. The third kappa shape index (κ3) is 2.41. The molecule has 5 nitrogen and oxygen atoms in total. The summed E-state index contributed by atoms with van der Waals surface area (Å²) in [5, 5.41) is 8.64. The largest absolute Gasteiger partial charge is 0.391 e. The van der Waals surface area contributed by atoms with Crippen molar-refractivity contribution in [3.05, 3.63) is 0 Å². The van der Waals surface area contributed by atoms with Crippen LogP contribution in [0.3, 0.4) is 0 Å². The molecule has 0 saturated heterocycles.